The number of hydrogen-bond donors (Lipinski definition) is 2. The molecule has 1 aliphatic carbocycles. The van der Waals surface area contributed by atoms with Crippen LogP contribution >= 0.6 is 0 Å². The molecule has 0 atom stereocenters. The van der Waals surface area contributed by atoms with Crippen LogP contribution in [0.15, 0.2) is 18.3 Å². The predicted molar refractivity (Wildman–Crippen MR) is 55.6 cm³/mol. The van der Waals surface area contributed by atoms with Crippen LogP contribution in [-0.4, -0.2) is 22.5 Å². The highest BCUT2D eigenvalue weighted by Gasteiger charge is 2.19. The van der Waals surface area contributed by atoms with E-state index in [4.69, 9.17) is 0 Å². The van der Waals surface area contributed by atoms with E-state index in [2.05, 4.69) is 10.3 Å². The lowest BCUT2D eigenvalue weighted by Crippen LogP contribution is -2.32. The zero-order valence-corrected chi connectivity index (χ0v) is 8.44. The fourth-order valence-electron chi connectivity index (χ4n) is 1.59. The van der Waals surface area contributed by atoms with Crippen molar-refractivity contribution in [2.45, 2.75) is 19.3 Å². The maximum Gasteiger partial charge on any atom is 0.273 e. The number of hydrogen-bond acceptors (Lipinski definition) is 3. The third-order valence-corrected chi connectivity index (χ3v) is 2.78. The van der Waals surface area contributed by atoms with Crippen molar-refractivity contribution in [3.8, 4) is 5.75 Å². The van der Waals surface area contributed by atoms with Crippen LogP contribution in [0.25, 0.3) is 0 Å². The number of pyridine rings is 1. The van der Waals surface area contributed by atoms with Crippen LogP contribution in [0.1, 0.15) is 29.8 Å². The Bertz CT molecular complexity index is 361. The predicted octanol–water partition coefficient (Wildman–Crippen LogP) is 1.32. The van der Waals surface area contributed by atoms with Gasteiger partial charge in [-0.3, -0.25) is 4.79 Å². The van der Waals surface area contributed by atoms with Gasteiger partial charge < -0.3 is 10.4 Å². The van der Waals surface area contributed by atoms with Crippen molar-refractivity contribution >= 4 is 5.91 Å². The Labute approximate surface area is 88.3 Å². The van der Waals surface area contributed by atoms with Crippen molar-refractivity contribution in [3.63, 3.8) is 0 Å². The number of carbonyl (C=O) groups is 1. The summed E-state index contributed by atoms with van der Waals surface area (Å²) in [6.45, 7) is 0.689. The van der Waals surface area contributed by atoms with Crippen LogP contribution in [0.5, 0.6) is 5.75 Å². The molecule has 4 heteroatoms. The van der Waals surface area contributed by atoms with Crippen LogP contribution in [-0.2, 0) is 0 Å². The molecule has 0 bridgehead atoms. The summed E-state index contributed by atoms with van der Waals surface area (Å²) in [7, 11) is 0. The number of nitrogens with zero attached hydrogens (tertiary/aromatic N) is 1. The highest BCUT2D eigenvalue weighted by atomic mass is 16.3. The van der Waals surface area contributed by atoms with Crippen LogP contribution in [0.2, 0.25) is 0 Å². The molecule has 0 aromatic carbocycles. The molecule has 15 heavy (non-hydrogen) atoms. The molecular formula is C11H14N2O2. The minimum atomic E-state index is -0.292. The van der Waals surface area contributed by atoms with E-state index in [-0.39, 0.29) is 17.4 Å². The van der Waals surface area contributed by atoms with Gasteiger partial charge in [0.05, 0.1) is 0 Å². The minimum absolute atomic E-state index is 0.0661. The number of aromatic nitrogens is 1. The summed E-state index contributed by atoms with van der Waals surface area (Å²) in [6, 6.07) is 3.06. The van der Waals surface area contributed by atoms with E-state index in [1.807, 2.05) is 0 Å². The van der Waals surface area contributed by atoms with E-state index in [9.17, 15) is 9.90 Å². The van der Waals surface area contributed by atoms with E-state index in [1.54, 1.807) is 6.07 Å². The van der Waals surface area contributed by atoms with Gasteiger partial charge in [-0.15, -0.1) is 0 Å². The lowest BCUT2D eigenvalue weighted by molar-refractivity contribution is 0.0931. The first-order valence-corrected chi connectivity index (χ1v) is 5.19. The molecule has 80 valence electrons. The van der Waals surface area contributed by atoms with Gasteiger partial charge in [-0.25, -0.2) is 4.98 Å². The molecule has 0 saturated heterocycles. The van der Waals surface area contributed by atoms with Crippen LogP contribution < -0.4 is 5.32 Å². The molecule has 4 nitrogen and oxygen atoms in total. The van der Waals surface area contributed by atoms with Crippen LogP contribution in [0, 0.1) is 5.92 Å². The van der Waals surface area contributed by atoms with Gasteiger partial charge in [0.2, 0.25) is 0 Å². The first kappa shape index (κ1) is 9.96. The Balaban J connectivity index is 1.92. The van der Waals surface area contributed by atoms with E-state index >= 15 is 0 Å². The zero-order chi connectivity index (χ0) is 10.7. The Hall–Kier alpha value is -1.58. The molecule has 1 amide bonds. The van der Waals surface area contributed by atoms with Gasteiger partial charge in [0.1, 0.15) is 5.75 Å². The number of carbonyl (C=O) groups excluding carboxylic acids is 1. The van der Waals surface area contributed by atoms with Crippen molar-refractivity contribution in [2.75, 3.05) is 6.54 Å². The van der Waals surface area contributed by atoms with Gasteiger partial charge in [-0.2, -0.15) is 0 Å². The Morgan fingerprint density at radius 1 is 1.60 bits per heavy atom. The quantitative estimate of drug-likeness (QED) is 0.784. The summed E-state index contributed by atoms with van der Waals surface area (Å²) < 4.78 is 0. The van der Waals surface area contributed by atoms with Gasteiger partial charge in [0.25, 0.3) is 5.91 Å². The smallest absolute Gasteiger partial charge is 0.273 e. The van der Waals surface area contributed by atoms with Crippen molar-refractivity contribution in [3.05, 3.63) is 24.0 Å². The summed E-state index contributed by atoms with van der Waals surface area (Å²) in [4.78, 5) is 15.4. The molecular weight excluding hydrogens is 192 g/mol. The van der Waals surface area contributed by atoms with E-state index in [1.165, 1.54) is 31.5 Å². The minimum Gasteiger partial charge on any atom is -0.505 e. The lowest BCUT2D eigenvalue weighted by atomic mass is 9.85. The molecule has 2 rings (SSSR count). The molecule has 1 heterocycles. The number of aromatic hydroxyl groups is 1. The van der Waals surface area contributed by atoms with E-state index in [0.717, 1.165) is 0 Å². The fourth-order valence-corrected chi connectivity index (χ4v) is 1.59. The summed E-state index contributed by atoms with van der Waals surface area (Å²) >= 11 is 0. The zero-order valence-electron chi connectivity index (χ0n) is 8.44. The molecule has 0 spiro atoms. The molecule has 0 unspecified atom stereocenters. The first-order chi connectivity index (χ1) is 7.27. The van der Waals surface area contributed by atoms with Crippen molar-refractivity contribution < 1.29 is 9.90 Å². The number of nitrogens with one attached hydrogen (secondary N) is 1. The number of rotatable bonds is 3. The second-order valence-electron chi connectivity index (χ2n) is 3.88. The van der Waals surface area contributed by atoms with E-state index in [0.29, 0.717) is 12.5 Å². The second kappa shape index (κ2) is 4.29. The molecule has 1 fully saturated rings. The molecule has 1 aromatic heterocycles. The highest BCUT2D eigenvalue weighted by molar-refractivity contribution is 5.94. The van der Waals surface area contributed by atoms with Crippen molar-refractivity contribution in [1.29, 1.82) is 0 Å². The van der Waals surface area contributed by atoms with Crippen LogP contribution in [0.3, 0.4) is 0 Å². The summed E-state index contributed by atoms with van der Waals surface area (Å²) in [5, 5.41) is 12.2. The Kier molecular flexibility index (Phi) is 2.85. The summed E-state index contributed by atoms with van der Waals surface area (Å²) in [6.07, 6.45) is 5.14. The summed E-state index contributed by atoms with van der Waals surface area (Å²) in [5.74, 6) is 0.253. The Morgan fingerprint density at radius 2 is 2.40 bits per heavy atom. The van der Waals surface area contributed by atoms with Gasteiger partial charge >= 0.3 is 0 Å². The molecule has 1 aromatic rings. The average molecular weight is 206 g/mol. The normalized spacial score (nSPS) is 15.7. The topological polar surface area (TPSA) is 62.2 Å². The SMILES string of the molecule is O=C(NCC1CCC1)c1ncccc1O. The first-order valence-electron chi connectivity index (χ1n) is 5.19. The second-order valence-corrected chi connectivity index (χ2v) is 3.88. The molecule has 1 aliphatic rings. The van der Waals surface area contributed by atoms with Crippen molar-refractivity contribution in [1.82, 2.24) is 10.3 Å². The van der Waals surface area contributed by atoms with Gasteiger partial charge in [-0.05, 0) is 30.9 Å². The third-order valence-electron chi connectivity index (χ3n) is 2.78. The largest absolute Gasteiger partial charge is 0.505 e. The van der Waals surface area contributed by atoms with Gasteiger partial charge in [0, 0.05) is 12.7 Å². The highest BCUT2D eigenvalue weighted by Crippen LogP contribution is 2.25. The van der Waals surface area contributed by atoms with Gasteiger partial charge in [-0.1, -0.05) is 6.42 Å². The number of amides is 1. The maximum atomic E-state index is 11.6. The lowest BCUT2D eigenvalue weighted by Gasteiger charge is -2.25. The standard InChI is InChI=1S/C11H14N2O2/c14-9-5-2-6-12-10(9)11(15)13-7-8-3-1-4-8/h2,5-6,8,14H,1,3-4,7H2,(H,13,15). The maximum absolute atomic E-state index is 11.6. The van der Waals surface area contributed by atoms with Crippen molar-refractivity contribution in [2.24, 2.45) is 5.92 Å². The molecule has 0 aliphatic heterocycles. The molecule has 0 radical (unpaired) electrons. The molecule has 2 N–H and O–H groups in total. The average Bonchev–Trinajstić information content (AvgIpc) is 2.16. The van der Waals surface area contributed by atoms with Crippen LogP contribution in [0.4, 0.5) is 0 Å². The molecule has 1 saturated carbocycles. The third kappa shape index (κ3) is 2.26. The fraction of sp³-hybridized carbons (Fsp3) is 0.455. The summed E-state index contributed by atoms with van der Waals surface area (Å²) in [5.41, 5.74) is 0.108. The van der Waals surface area contributed by atoms with Gasteiger partial charge in [0.15, 0.2) is 5.69 Å². The Morgan fingerprint density at radius 3 is 3.00 bits per heavy atom. The monoisotopic (exact) mass is 206 g/mol. The van der Waals surface area contributed by atoms with E-state index < -0.39 is 0 Å².